The maximum absolute atomic E-state index is 12.0. The molecule has 1 aromatic carbocycles. The van der Waals surface area contributed by atoms with Crippen LogP contribution in [0.4, 0.5) is 11.4 Å². The third kappa shape index (κ3) is 3.56. The topological polar surface area (TPSA) is 67.6 Å². The molecule has 0 saturated carbocycles. The van der Waals surface area contributed by atoms with Crippen molar-refractivity contribution in [2.45, 2.75) is 32.8 Å². The first-order valence-corrected chi connectivity index (χ1v) is 7.14. The Morgan fingerprint density at radius 1 is 1.40 bits per heavy atom. The fraction of sp³-hybridized carbons (Fsp3) is 0.533. The summed E-state index contributed by atoms with van der Waals surface area (Å²) < 4.78 is 5.63. The summed E-state index contributed by atoms with van der Waals surface area (Å²) in [4.78, 5) is 13.9. The summed E-state index contributed by atoms with van der Waals surface area (Å²) in [6.45, 7) is 5.92. The number of carbonyl (C=O) groups excluding carboxylic acids is 1. The molecule has 2 rings (SSSR count). The summed E-state index contributed by atoms with van der Waals surface area (Å²) in [5.41, 5.74) is 7.36. The molecule has 1 aliphatic heterocycles. The molecule has 1 amide bonds. The van der Waals surface area contributed by atoms with E-state index < -0.39 is 0 Å². The van der Waals surface area contributed by atoms with E-state index in [9.17, 15) is 4.79 Å². The average molecular weight is 277 g/mol. The lowest BCUT2D eigenvalue weighted by Crippen LogP contribution is -2.33. The third-order valence-electron chi connectivity index (χ3n) is 3.32. The summed E-state index contributed by atoms with van der Waals surface area (Å²) in [5, 5.41) is 3.11. The molecule has 3 N–H and O–H groups in total. The van der Waals surface area contributed by atoms with Crippen LogP contribution in [0.1, 0.15) is 26.7 Å². The van der Waals surface area contributed by atoms with Gasteiger partial charge in [0.25, 0.3) is 0 Å². The van der Waals surface area contributed by atoms with Crippen LogP contribution in [0.5, 0.6) is 5.75 Å². The normalized spacial score (nSPS) is 14.7. The third-order valence-corrected chi connectivity index (χ3v) is 3.32. The molecule has 0 radical (unpaired) electrons. The van der Waals surface area contributed by atoms with E-state index in [1.54, 1.807) is 0 Å². The number of amides is 1. The predicted molar refractivity (Wildman–Crippen MR) is 80.9 cm³/mol. The molecule has 0 bridgehead atoms. The van der Waals surface area contributed by atoms with Gasteiger partial charge in [0.1, 0.15) is 5.75 Å². The Bertz CT molecular complexity index is 468. The molecule has 5 nitrogen and oxygen atoms in total. The lowest BCUT2D eigenvalue weighted by atomic mass is 10.2. The number of nitrogens with zero attached hydrogens (tertiary/aromatic N) is 1. The molecule has 1 aliphatic rings. The van der Waals surface area contributed by atoms with Crippen LogP contribution in [-0.4, -0.2) is 36.5 Å². The van der Waals surface area contributed by atoms with Crippen molar-refractivity contribution in [3.8, 4) is 5.75 Å². The molecule has 0 spiro atoms. The summed E-state index contributed by atoms with van der Waals surface area (Å²) in [5.74, 6) is 0.774. The van der Waals surface area contributed by atoms with Crippen LogP contribution in [0.15, 0.2) is 18.2 Å². The summed E-state index contributed by atoms with van der Waals surface area (Å²) in [6, 6.07) is 5.57. The van der Waals surface area contributed by atoms with Crippen molar-refractivity contribution >= 4 is 17.3 Å². The first kappa shape index (κ1) is 14.5. The Labute approximate surface area is 120 Å². The number of hydrogen-bond acceptors (Lipinski definition) is 4. The first-order valence-electron chi connectivity index (χ1n) is 7.14. The Morgan fingerprint density at radius 3 is 2.75 bits per heavy atom. The lowest BCUT2D eigenvalue weighted by Gasteiger charge is -2.18. The van der Waals surface area contributed by atoms with Crippen LogP contribution < -0.4 is 15.8 Å². The van der Waals surface area contributed by atoms with Crippen molar-refractivity contribution in [3.05, 3.63) is 18.2 Å². The van der Waals surface area contributed by atoms with Gasteiger partial charge in [0, 0.05) is 13.1 Å². The van der Waals surface area contributed by atoms with Gasteiger partial charge >= 0.3 is 0 Å². The van der Waals surface area contributed by atoms with Crippen molar-refractivity contribution in [1.82, 2.24) is 4.90 Å². The number of likely N-dealkylation sites (tertiary alicyclic amines) is 1. The largest absolute Gasteiger partial charge is 0.489 e. The zero-order chi connectivity index (χ0) is 14.5. The molecule has 0 aromatic heterocycles. The van der Waals surface area contributed by atoms with Crippen molar-refractivity contribution in [3.63, 3.8) is 0 Å². The number of hydrogen-bond donors (Lipinski definition) is 2. The molecule has 0 unspecified atom stereocenters. The molecule has 1 fully saturated rings. The van der Waals surface area contributed by atoms with Gasteiger partial charge < -0.3 is 20.7 Å². The van der Waals surface area contributed by atoms with Gasteiger partial charge in [0.05, 0.1) is 24.0 Å². The molecule has 5 heteroatoms. The molecule has 20 heavy (non-hydrogen) atoms. The maximum atomic E-state index is 12.0. The van der Waals surface area contributed by atoms with Crippen molar-refractivity contribution in [2.75, 3.05) is 30.7 Å². The predicted octanol–water partition coefficient (Wildman–Crippen LogP) is 2.09. The number of anilines is 2. The zero-order valence-corrected chi connectivity index (χ0v) is 12.2. The second kappa shape index (κ2) is 6.50. The minimum absolute atomic E-state index is 0.0683. The van der Waals surface area contributed by atoms with Crippen LogP contribution in [0.25, 0.3) is 0 Å². The van der Waals surface area contributed by atoms with E-state index in [1.165, 1.54) is 0 Å². The van der Waals surface area contributed by atoms with Crippen molar-refractivity contribution < 1.29 is 9.53 Å². The van der Waals surface area contributed by atoms with E-state index in [0.29, 0.717) is 11.4 Å². The summed E-state index contributed by atoms with van der Waals surface area (Å²) >= 11 is 0. The minimum atomic E-state index is 0.0683. The number of para-hydroxylation sites is 1. The smallest absolute Gasteiger partial charge is 0.241 e. The Hall–Kier alpha value is -1.91. The number of nitrogen functional groups attached to an aromatic ring is 1. The highest BCUT2D eigenvalue weighted by atomic mass is 16.5. The quantitative estimate of drug-likeness (QED) is 0.809. The van der Waals surface area contributed by atoms with E-state index >= 15 is 0 Å². The summed E-state index contributed by atoms with van der Waals surface area (Å²) in [6.07, 6.45) is 2.27. The monoisotopic (exact) mass is 277 g/mol. The van der Waals surface area contributed by atoms with Crippen molar-refractivity contribution in [2.24, 2.45) is 0 Å². The highest BCUT2D eigenvalue weighted by molar-refractivity contribution is 5.83. The van der Waals surface area contributed by atoms with E-state index in [-0.39, 0.29) is 18.6 Å². The molecule has 1 heterocycles. The first-order chi connectivity index (χ1) is 9.58. The molecular formula is C15H23N3O2. The highest BCUT2D eigenvalue weighted by Crippen LogP contribution is 2.30. The van der Waals surface area contributed by atoms with Gasteiger partial charge in [0.2, 0.25) is 5.91 Å². The number of nitrogens with one attached hydrogen (secondary N) is 1. The Balaban J connectivity index is 1.96. The average Bonchev–Trinajstić information content (AvgIpc) is 2.93. The van der Waals surface area contributed by atoms with E-state index in [2.05, 4.69) is 5.32 Å². The van der Waals surface area contributed by atoms with Gasteiger partial charge in [-0.15, -0.1) is 0 Å². The Kier molecular flexibility index (Phi) is 4.71. The van der Waals surface area contributed by atoms with Gasteiger partial charge in [-0.05, 0) is 38.8 Å². The molecule has 110 valence electrons. The fourth-order valence-electron chi connectivity index (χ4n) is 2.30. The maximum Gasteiger partial charge on any atom is 0.241 e. The number of benzene rings is 1. The molecule has 1 saturated heterocycles. The van der Waals surface area contributed by atoms with Crippen LogP contribution in [0, 0.1) is 0 Å². The fourth-order valence-corrected chi connectivity index (χ4v) is 2.30. The van der Waals surface area contributed by atoms with Crippen LogP contribution >= 0.6 is 0 Å². The zero-order valence-electron chi connectivity index (χ0n) is 12.2. The van der Waals surface area contributed by atoms with Gasteiger partial charge in [0.15, 0.2) is 0 Å². The second-order valence-electron chi connectivity index (χ2n) is 5.33. The molecule has 0 atom stereocenters. The van der Waals surface area contributed by atoms with Gasteiger partial charge in [-0.1, -0.05) is 6.07 Å². The van der Waals surface area contributed by atoms with Gasteiger partial charge in [-0.25, -0.2) is 0 Å². The minimum Gasteiger partial charge on any atom is -0.489 e. The number of rotatable bonds is 5. The van der Waals surface area contributed by atoms with Gasteiger partial charge in [-0.2, -0.15) is 0 Å². The highest BCUT2D eigenvalue weighted by Gasteiger charge is 2.17. The van der Waals surface area contributed by atoms with E-state index in [1.807, 2.05) is 36.9 Å². The van der Waals surface area contributed by atoms with Crippen molar-refractivity contribution in [1.29, 1.82) is 0 Å². The van der Waals surface area contributed by atoms with Crippen LogP contribution in [-0.2, 0) is 4.79 Å². The van der Waals surface area contributed by atoms with E-state index in [0.717, 1.165) is 31.6 Å². The van der Waals surface area contributed by atoms with Crippen LogP contribution in [0.3, 0.4) is 0 Å². The van der Waals surface area contributed by atoms with Crippen LogP contribution in [0.2, 0.25) is 0 Å². The molecular weight excluding hydrogens is 254 g/mol. The Morgan fingerprint density at radius 2 is 2.10 bits per heavy atom. The lowest BCUT2D eigenvalue weighted by molar-refractivity contribution is -0.128. The molecule has 0 aliphatic carbocycles. The van der Waals surface area contributed by atoms with Gasteiger partial charge in [-0.3, -0.25) is 4.79 Å². The standard InChI is InChI=1S/C15H23N3O2/c1-11(2)20-13-7-5-6-12(15(13)16)17-10-14(19)18-8-3-4-9-18/h5-7,11,17H,3-4,8-10,16H2,1-2H3. The second-order valence-corrected chi connectivity index (χ2v) is 5.33. The number of carbonyl (C=O) groups is 1. The van der Waals surface area contributed by atoms with E-state index in [4.69, 9.17) is 10.5 Å². The summed E-state index contributed by atoms with van der Waals surface area (Å²) in [7, 11) is 0. The number of ether oxygens (including phenoxy) is 1. The molecule has 1 aromatic rings. The SMILES string of the molecule is CC(C)Oc1cccc(NCC(=O)N2CCCC2)c1N. The number of nitrogens with two attached hydrogens (primary N) is 1.